The molecule has 0 saturated heterocycles. The molecule has 0 spiro atoms. The van der Waals surface area contributed by atoms with E-state index in [0.29, 0.717) is 23.7 Å². The highest BCUT2D eigenvalue weighted by Gasteiger charge is 2.51. The van der Waals surface area contributed by atoms with Crippen LogP contribution in [0.2, 0.25) is 0 Å². The lowest BCUT2D eigenvalue weighted by atomic mass is 10.1. The summed E-state index contributed by atoms with van der Waals surface area (Å²) in [6.45, 7) is 5.12. The molecule has 1 aliphatic heterocycles. The molecule has 1 aromatic rings. The number of aryl methyl sites for hydroxylation is 1. The standard InChI is InChI=1S/C16H24N4O/c1-9(2)15-19-18-14-6-5-11(8-20(14)15)17-16(21)13-7-12(13)10-3-4-10/h9-13H,3-8H2,1-2H3,(H,17,21)/t11?,12-,13+/m1/s1. The van der Waals surface area contributed by atoms with Crippen molar-refractivity contribution in [3.8, 4) is 0 Å². The first-order chi connectivity index (χ1) is 10.1. The number of nitrogens with one attached hydrogen (secondary N) is 1. The zero-order valence-electron chi connectivity index (χ0n) is 12.9. The van der Waals surface area contributed by atoms with E-state index < -0.39 is 0 Å². The van der Waals surface area contributed by atoms with Crippen molar-refractivity contribution in [1.29, 1.82) is 0 Å². The molecule has 0 aromatic carbocycles. The van der Waals surface area contributed by atoms with Gasteiger partial charge >= 0.3 is 0 Å². The van der Waals surface area contributed by atoms with Gasteiger partial charge in [-0.2, -0.15) is 0 Å². The number of hydrogen-bond donors (Lipinski definition) is 1. The Hall–Kier alpha value is -1.39. The van der Waals surface area contributed by atoms with E-state index in [1.807, 2.05) is 0 Å². The van der Waals surface area contributed by atoms with Crippen molar-refractivity contribution in [3.05, 3.63) is 11.6 Å². The Balaban J connectivity index is 1.39. The van der Waals surface area contributed by atoms with E-state index in [-0.39, 0.29) is 6.04 Å². The molecule has 1 N–H and O–H groups in total. The summed E-state index contributed by atoms with van der Waals surface area (Å²) < 4.78 is 2.21. The average Bonchev–Trinajstić information content (AvgIpc) is 3.32. The third kappa shape index (κ3) is 2.47. The third-order valence-corrected chi connectivity index (χ3v) is 5.24. The van der Waals surface area contributed by atoms with Gasteiger partial charge in [-0.1, -0.05) is 13.8 Å². The van der Waals surface area contributed by atoms with Gasteiger partial charge in [-0.05, 0) is 37.5 Å². The van der Waals surface area contributed by atoms with Gasteiger partial charge in [0.05, 0.1) is 0 Å². The summed E-state index contributed by atoms with van der Waals surface area (Å²) in [4.78, 5) is 12.3. The number of nitrogens with zero attached hydrogens (tertiary/aromatic N) is 3. The summed E-state index contributed by atoms with van der Waals surface area (Å²) in [7, 11) is 0. The van der Waals surface area contributed by atoms with E-state index in [1.54, 1.807) is 0 Å². The predicted molar refractivity (Wildman–Crippen MR) is 78.7 cm³/mol. The minimum atomic E-state index is 0.249. The van der Waals surface area contributed by atoms with Crippen LogP contribution in [0, 0.1) is 17.8 Å². The number of rotatable bonds is 4. The van der Waals surface area contributed by atoms with Gasteiger partial charge in [-0.3, -0.25) is 4.79 Å². The molecule has 4 rings (SSSR count). The normalized spacial score (nSPS) is 31.1. The van der Waals surface area contributed by atoms with E-state index in [2.05, 4.69) is 33.9 Å². The molecule has 0 bridgehead atoms. The quantitative estimate of drug-likeness (QED) is 0.920. The number of carbonyl (C=O) groups is 1. The lowest BCUT2D eigenvalue weighted by Gasteiger charge is -2.26. The van der Waals surface area contributed by atoms with Crippen molar-refractivity contribution in [2.24, 2.45) is 17.8 Å². The van der Waals surface area contributed by atoms with Crippen LogP contribution in [-0.2, 0) is 17.8 Å². The molecule has 1 unspecified atom stereocenters. The molecular formula is C16H24N4O. The Morgan fingerprint density at radius 3 is 2.81 bits per heavy atom. The van der Waals surface area contributed by atoms with Gasteiger partial charge in [0, 0.05) is 30.8 Å². The Bertz CT molecular complexity index is 561. The van der Waals surface area contributed by atoms with Crippen LogP contribution in [0.25, 0.3) is 0 Å². The fraction of sp³-hybridized carbons (Fsp3) is 0.812. The highest BCUT2D eigenvalue weighted by molar-refractivity contribution is 5.82. The SMILES string of the molecule is CC(C)c1nnc2n1CC(NC(=O)[C@H]1C[C@@H]1C1CC1)CC2. The molecule has 5 nitrogen and oxygen atoms in total. The molecule has 1 amide bonds. The van der Waals surface area contributed by atoms with E-state index in [4.69, 9.17) is 0 Å². The summed E-state index contributed by atoms with van der Waals surface area (Å²) in [5.74, 6) is 4.67. The number of amides is 1. The highest BCUT2D eigenvalue weighted by Crippen LogP contribution is 2.54. The van der Waals surface area contributed by atoms with Gasteiger partial charge in [0.1, 0.15) is 11.6 Å². The number of fused-ring (bicyclic) bond motifs is 1. The van der Waals surface area contributed by atoms with E-state index in [1.165, 1.54) is 12.8 Å². The maximum atomic E-state index is 12.3. The number of hydrogen-bond acceptors (Lipinski definition) is 3. The molecule has 114 valence electrons. The van der Waals surface area contributed by atoms with Crippen molar-refractivity contribution in [2.75, 3.05) is 0 Å². The Kier molecular flexibility index (Phi) is 3.05. The fourth-order valence-electron chi connectivity index (χ4n) is 3.76. The van der Waals surface area contributed by atoms with Crippen LogP contribution in [0.1, 0.15) is 57.1 Å². The summed E-state index contributed by atoms with van der Waals surface area (Å²) in [5.41, 5.74) is 0. The molecule has 3 aliphatic rings. The van der Waals surface area contributed by atoms with E-state index in [0.717, 1.165) is 43.4 Å². The van der Waals surface area contributed by atoms with Crippen molar-refractivity contribution in [3.63, 3.8) is 0 Å². The minimum Gasteiger partial charge on any atom is -0.351 e. The summed E-state index contributed by atoms with van der Waals surface area (Å²) >= 11 is 0. The molecule has 2 aliphatic carbocycles. The molecule has 2 saturated carbocycles. The smallest absolute Gasteiger partial charge is 0.223 e. The van der Waals surface area contributed by atoms with Gasteiger partial charge in [-0.25, -0.2) is 0 Å². The third-order valence-electron chi connectivity index (χ3n) is 5.24. The van der Waals surface area contributed by atoms with Crippen molar-refractivity contribution in [1.82, 2.24) is 20.1 Å². The zero-order valence-corrected chi connectivity index (χ0v) is 12.9. The van der Waals surface area contributed by atoms with Gasteiger partial charge in [-0.15, -0.1) is 10.2 Å². The van der Waals surface area contributed by atoms with Crippen LogP contribution in [0.4, 0.5) is 0 Å². The molecule has 0 radical (unpaired) electrons. The van der Waals surface area contributed by atoms with Crippen molar-refractivity contribution >= 4 is 5.91 Å². The van der Waals surface area contributed by atoms with Gasteiger partial charge < -0.3 is 9.88 Å². The van der Waals surface area contributed by atoms with Gasteiger partial charge in [0.2, 0.25) is 5.91 Å². The van der Waals surface area contributed by atoms with Crippen LogP contribution in [0.15, 0.2) is 0 Å². The lowest BCUT2D eigenvalue weighted by Crippen LogP contribution is -2.42. The van der Waals surface area contributed by atoms with Crippen LogP contribution < -0.4 is 5.32 Å². The van der Waals surface area contributed by atoms with Gasteiger partial charge in [0.15, 0.2) is 0 Å². The van der Waals surface area contributed by atoms with Crippen molar-refractivity contribution in [2.45, 2.75) is 64.5 Å². The summed E-state index contributed by atoms with van der Waals surface area (Å²) in [6, 6.07) is 0.249. The summed E-state index contributed by atoms with van der Waals surface area (Å²) in [5, 5.41) is 11.9. The van der Waals surface area contributed by atoms with Crippen LogP contribution in [0.3, 0.4) is 0 Å². The Labute approximate surface area is 125 Å². The highest BCUT2D eigenvalue weighted by atomic mass is 16.2. The number of carbonyl (C=O) groups excluding carboxylic acids is 1. The Morgan fingerprint density at radius 2 is 2.10 bits per heavy atom. The van der Waals surface area contributed by atoms with E-state index >= 15 is 0 Å². The molecule has 2 fully saturated rings. The maximum absolute atomic E-state index is 12.3. The second-order valence-electron chi connectivity index (χ2n) is 7.33. The van der Waals surface area contributed by atoms with E-state index in [9.17, 15) is 4.79 Å². The van der Waals surface area contributed by atoms with Crippen LogP contribution in [-0.4, -0.2) is 26.7 Å². The lowest BCUT2D eigenvalue weighted by molar-refractivity contribution is -0.123. The first-order valence-electron chi connectivity index (χ1n) is 8.36. The molecule has 21 heavy (non-hydrogen) atoms. The van der Waals surface area contributed by atoms with Crippen LogP contribution in [0.5, 0.6) is 0 Å². The first kappa shape index (κ1) is 13.3. The molecular weight excluding hydrogens is 264 g/mol. The number of aromatic nitrogens is 3. The Morgan fingerprint density at radius 1 is 1.29 bits per heavy atom. The zero-order chi connectivity index (χ0) is 14.6. The molecule has 2 heterocycles. The monoisotopic (exact) mass is 288 g/mol. The molecule has 3 atom stereocenters. The topological polar surface area (TPSA) is 59.8 Å². The predicted octanol–water partition coefficient (Wildman–Crippen LogP) is 1.88. The van der Waals surface area contributed by atoms with Crippen LogP contribution >= 0.6 is 0 Å². The van der Waals surface area contributed by atoms with Crippen molar-refractivity contribution < 1.29 is 4.79 Å². The molecule has 5 heteroatoms. The fourth-order valence-corrected chi connectivity index (χ4v) is 3.76. The maximum Gasteiger partial charge on any atom is 0.223 e. The molecule has 1 aromatic heterocycles. The minimum absolute atomic E-state index is 0.249. The summed E-state index contributed by atoms with van der Waals surface area (Å²) in [6.07, 6.45) is 5.72. The first-order valence-corrected chi connectivity index (χ1v) is 8.36. The second kappa shape index (κ2) is 4.82. The average molecular weight is 288 g/mol. The van der Waals surface area contributed by atoms with Gasteiger partial charge in [0.25, 0.3) is 0 Å². The second-order valence-corrected chi connectivity index (χ2v) is 7.33. The largest absolute Gasteiger partial charge is 0.351 e.